The van der Waals surface area contributed by atoms with Crippen molar-refractivity contribution >= 4 is 29.1 Å². The summed E-state index contributed by atoms with van der Waals surface area (Å²) in [5, 5.41) is 7.34. The van der Waals surface area contributed by atoms with Crippen molar-refractivity contribution in [1.29, 1.82) is 0 Å². The van der Waals surface area contributed by atoms with E-state index in [1.807, 2.05) is 13.0 Å². The molecule has 1 aromatic heterocycles. The average Bonchev–Trinajstić information content (AvgIpc) is 3.03. The molecule has 3 rings (SSSR count). The molecule has 0 aliphatic heterocycles. The van der Waals surface area contributed by atoms with Crippen LogP contribution in [0.2, 0.25) is 5.02 Å². The number of carbonyl (C=O) groups is 2. The Bertz CT molecular complexity index is 1060. The maximum Gasteiger partial charge on any atom is 0.261 e. The van der Waals surface area contributed by atoms with Crippen LogP contribution in [0.1, 0.15) is 32.0 Å². The highest BCUT2D eigenvalue weighted by Gasteiger charge is 2.23. The van der Waals surface area contributed by atoms with E-state index in [0.29, 0.717) is 38.9 Å². The fourth-order valence-electron chi connectivity index (χ4n) is 2.89. The summed E-state index contributed by atoms with van der Waals surface area (Å²) in [4.78, 5) is 26.6. The number of hydrogen-bond donors (Lipinski definition) is 1. The van der Waals surface area contributed by atoms with Gasteiger partial charge in [-0.15, -0.1) is 0 Å². The molecule has 7 heteroatoms. The molecule has 0 atom stereocenters. The van der Waals surface area contributed by atoms with E-state index in [1.165, 1.54) is 4.90 Å². The van der Waals surface area contributed by atoms with Gasteiger partial charge in [0.05, 0.1) is 5.02 Å². The summed E-state index contributed by atoms with van der Waals surface area (Å²) in [7, 11) is 3.39. The summed E-state index contributed by atoms with van der Waals surface area (Å²) in [6.07, 6.45) is 0. The SMILES string of the molecule is Cc1cc(NC(=O)c2c(-c3ccccc3Cl)noc2C)ccc1C(=O)N(C)C. The van der Waals surface area contributed by atoms with Crippen LogP contribution >= 0.6 is 11.6 Å². The van der Waals surface area contributed by atoms with Crippen LogP contribution < -0.4 is 5.32 Å². The van der Waals surface area contributed by atoms with E-state index >= 15 is 0 Å². The van der Waals surface area contributed by atoms with E-state index < -0.39 is 0 Å². The van der Waals surface area contributed by atoms with Crippen LogP contribution in [0.4, 0.5) is 5.69 Å². The molecule has 144 valence electrons. The minimum atomic E-state index is -0.361. The topological polar surface area (TPSA) is 75.4 Å². The predicted octanol–water partition coefficient (Wildman–Crippen LogP) is 4.57. The molecule has 0 saturated heterocycles. The summed E-state index contributed by atoms with van der Waals surface area (Å²) < 4.78 is 5.24. The zero-order chi connectivity index (χ0) is 20.4. The maximum atomic E-state index is 12.9. The average molecular weight is 398 g/mol. The van der Waals surface area contributed by atoms with Gasteiger partial charge >= 0.3 is 0 Å². The van der Waals surface area contributed by atoms with Gasteiger partial charge in [-0.1, -0.05) is 35.0 Å². The molecule has 0 aliphatic rings. The van der Waals surface area contributed by atoms with Crippen molar-refractivity contribution < 1.29 is 14.1 Å². The Balaban J connectivity index is 1.91. The van der Waals surface area contributed by atoms with Gasteiger partial charge < -0.3 is 14.7 Å². The van der Waals surface area contributed by atoms with Crippen molar-refractivity contribution in [2.75, 3.05) is 19.4 Å². The molecule has 1 N–H and O–H groups in total. The lowest BCUT2D eigenvalue weighted by molar-refractivity contribution is 0.0826. The number of nitrogens with one attached hydrogen (secondary N) is 1. The Morgan fingerprint density at radius 3 is 2.46 bits per heavy atom. The molecule has 0 fully saturated rings. The van der Waals surface area contributed by atoms with Gasteiger partial charge in [-0.2, -0.15) is 0 Å². The number of rotatable bonds is 4. The number of aryl methyl sites for hydroxylation is 2. The number of nitrogens with zero attached hydrogens (tertiary/aromatic N) is 2. The molecule has 0 bridgehead atoms. The van der Waals surface area contributed by atoms with Crippen molar-refractivity contribution in [1.82, 2.24) is 10.1 Å². The molecule has 0 spiro atoms. The van der Waals surface area contributed by atoms with Crippen molar-refractivity contribution in [3.8, 4) is 11.3 Å². The number of hydrogen-bond acceptors (Lipinski definition) is 4. The second-order valence-corrected chi connectivity index (χ2v) is 7.03. The molecule has 0 unspecified atom stereocenters. The molecule has 3 aromatic rings. The van der Waals surface area contributed by atoms with Gasteiger partial charge in [0.25, 0.3) is 11.8 Å². The molecule has 28 heavy (non-hydrogen) atoms. The zero-order valence-corrected chi connectivity index (χ0v) is 16.8. The van der Waals surface area contributed by atoms with Gasteiger partial charge in [-0.3, -0.25) is 9.59 Å². The van der Waals surface area contributed by atoms with E-state index in [2.05, 4.69) is 10.5 Å². The third kappa shape index (κ3) is 3.77. The maximum absolute atomic E-state index is 12.9. The molecule has 0 aliphatic carbocycles. The van der Waals surface area contributed by atoms with E-state index in [1.54, 1.807) is 57.4 Å². The second-order valence-electron chi connectivity index (χ2n) is 6.63. The van der Waals surface area contributed by atoms with Gasteiger partial charge in [0, 0.05) is 30.9 Å². The number of amides is 2. The fourth-order valence-corrected chi connectivity index (χ4v) is 3.12. The highest BCUT2D eigenvalue weighted by Crippen LogP contribution is 2.31. The smallest absolute Gasteiger partial charge is 0.261 e. The van der Waals surface area contributed by atoms with Gasteiger partial charge in [0.15, 0.2) is 0 Å². The lowest BCUT2D eigenvalue weighted by Gasteiger charge is -2.14. The number of aromatic nitrogens is 1. The summed E-state index contributed by atoms with van der Waals surface area (Å²) in [5.41, 5.74) is 3.25. The number of halogens is 1. The fraction of sp³-hybridized carbons (Fsp3) is 0.190. The Labute approximate surface area is 168 Å². The highest BCUT2D eigenvalue weighted by atomic mass is 35.5. The van der Waals surface area contributed by atoms with Crippen LogP contribution in [-0.2, 0) is 0 Å². The standard InChI is InChI=1S/C21H20ClN3O3/c1-12-11-14(9-10-15(12)21(27)25(3)4)23-20(26)18-13(2)28-24-19(18)16-7-5-6-8-17(16)22/h5-11H,1-4H3,(H,23,26). The van der Waals surface area contributed by atoms with E-state index in [-0.39, 0.29) is 11.8 Å². The third-order valence-electron chi connectivity index (χ3n) is 4.34. The van der Waals surface area contributed by atoms with Crippen molar-refractivity contribution in [2.24, 2.45) is 0 Å². The lowest BCUT2D eigenvalue weighted by atomic mass is 10.0. The first kappa shape index (κ1) is 19.6. The monoisotopic (exact) mass is 397 g/mol. The van der Waals surface area contributed by atoms with Crippen LogP contribution in [0.15, 0.2) is 47.0 Å². The zero-order valence-electron chi connectivity index (χ0n) is 16.0. The number of carbonyl (C=O) groups excluding carboxylic acids is 2. The summed E-state index contributed by atoms with van der Waals surface area (Å²) in [5.74, 6) is -0.0606. The molecule has 6 nitrogen and oxygen atoms in total. The Kier molecular flexibility index (Phi) is 5.51. The first-order chi connectivity index (χ1) is 13.3. The molecular formula is C21H20ClN3O3. The molecule has 0 saturated carbocycles. The Morgan fingerprint density at radius 2 is 1.82 bits per heavy atom. The van der Waals surface area contributed by atoms with Crippen LogP contribution in [0.5, 0.6) is 0 Å². The van der Waals surface area contributed by atoms with Crippen LogP contribution in [0.3, 0.4) is 0 Å². The third-order valence-corrected chi connectivity index (χ3v) is 4.67. The lowest BCUT2D eigenvalue weighted by Crippen LogP contribution is -2.22. The Hall–Kier alpha value is -3.12. The summed E-state index contributed by atoms with van der Waals surface area (Å²) in [6, 6.07) is 12.3. The molecule has 2 amide bonds. The van der Waals surface area contributed by atoms with Gasteiger partial charge in [-0.25, -0.2) is 0 Å². The normalized spacial score (nSPS) is 10.6. The largest absolute Gasteiger partial charge is 0.360 e. The van der Waals surface area contributed by atoms with E-state index in [0.717, 1.165) is 5.56 Å². The van der Waals surface area contributed by atoms with Crippen LogP contribution in [0, 0.1) is 13.8 Å². The van der Waals surface area contributed by atoms with Crippen molar-refractivity contribution in [3.63, 3.8) is 0 Å². The molecular weight excluding hydrogens is 378 g/mol. The minimum absolute atomic E-state index is 0.0914. The van der Waals surface area contributed by atoms with Crippen molar-refractivity contribution in [3.05, 3.63) is 69.9 Å². The van der Waals surface area contributed by atoms with Gasteiger partial charge in [-0.05, 0) is 43.7 Å². The quantitative estimate of drug-likeness (QED) is 0.699. The second kappa shape index (κ2) is 7.86. The molecule has 0 radical (unpaired) electrons. The van der Waals surface area contributed by atoms with Crippen LogP contribution in [-0.4, -0.2) is 36.0 Å². The number of benzene rings is 2. The van der Waals surface area contributed by atoms with Crippen molar-refractivity contribution in [2.45, 2.75) is 13.8 Å². The predicted molar refractivity (Wildman–Crippen MR) is 109 cm³/mol. The minimum Gasteiger partial charge on any atom is -0.360 e. The highest BCUT2D eigenvalue weighted by molar-refractivity contribution is 6.33. The van der Waals surface area contributed by atoms with E-state index in [9.17, 15) is 9.59 Å². The number of anilines is 1. The summed E-state index contributed by atoms with van der Waals surface area (Å²) >= 11 is 6.25. The molecule has 1 heterocycles. The first-order valence-corrected chi connectivity index (χ1v) is 9.02. The first-order valence-electron chi connectivity index (χ1n) is 8.64. The summed E-state index contributed by atoms with van der Waals surface area (Å²) in [6.45, 7) is 3.50. The molecule has 2 aromatic carbocycles. The Morgan fingerprint density at radius 1 is 1.11 bits per heavy atom. The van der Waals surface area contributed by atoms with Crippen LogP contribution in [0.25, 0.3) is 11.3 Å². The van der Waals surface area contributed by atoms with Gasteiger partial charge in [0.1, 0.15) is 17.0 Å². The van der Waals surface area contributed by atoms with Gasteiger partial charge in [0.2, 0.25) is 0 Å². The van der Waals surface area contributed by atoms with E-state index in [4.69, 9.17) is 16.1 Å².